The average Bonchev–Trinajstić information content (AvgIpc) is 3.07. The molecule has 2 fully saturated rings. The molecule has 2 saturated carbocycles. The van der Waals surface area contributed by atoms with Crippen LogP contribution >= 0.6 is 11.3 Å². The molecule has 6 heteroatoms. The van der Waals surface area contributed by atoms with E-state index in [1.54, 1.807) is 11.3 Å². The van der Waals surface area contributed by atoms with Crippen molar-refractivity contribution < 1.29 is 9.90 Å². The van der Waals surface area contributed by atoms with Crippen LogP contribution in [-0.2, 0) is 11.3 Å². The van der Waals surface area contributed by atoms with Crippen LogP contribution in [0.1, 0.15) is 36.4 Å². The number of thiazole rings is 1. The van der Waals surface area contributed by atoms with Crippen LogP contribution < -0.4 is 5.32 Å². The fourth-order valence-corrected chi connectivity index (χ4v) is 3.64. The van der Waals surface area contributed by atoms with Crippen LogP contribution in [0.4, 0.5) is 0 Å². The summed E-state index contributed by atoms with van der Waals surface area (Å²) in [6.07, 6.45) is 4.66. The van der Waals surface area contributed by atoms with Crippen molar-refractivity contribution in [2.24, 2.45) is 5.92 Å². The summed E-state index contributed by atoms with van der Waals surface area (Å²) >= 11 is 1.70. The second kappa shape index (κ2) is 6.42. The number of hydrogen-bond donors (Lipinski definition) is 2. The van der Waals surface area contributed by atoms with Gasteiger partial charge in [-0.1, -0.05) is 0 Å². The molecular formula is C15H23N3O2S. The van der Waals surface area contributed by atoms with Crippen molar-refractivity contribution in [1.82, 2.24) is 15.2 Å². The molecule has 2 aliphatic rings. The van der Waals surface area contributed by atoms with Crippen molar-refractivity contribution >= 4 is 17.3 Å². The SMILES string of the molecule is Cc1csc(CNC2CC(N(CC(=O)O)CC3CC3)C2)n1. The summed E-state index contributed by atoms with van der Waals surface area (Å²) in [6, 6.07) is 0.951. The van der Waals surface area contributed by atoms with E-state index in [4.69, 9.17) is 5.11 Å². The number of carbonyl (C=O) groups is 1. The van der Waals surface area contributed by atoms with Crippen LogP contribution in [0, 0.1) is 12.8 Å². The molecule has 1 heterocycles. The molecule has 0 atom stereocenters. The van der Waals surface area contributed by atoms with E-state index in [1.807, 2.05) is 6.92 Å². The van der Waals surface area contributed by atoms with Crippen molar-refractivity contribution in [3.8, 4) is 0 Å². The molecule has 1 aromatic heterocycles. The van der Waals surface area contributed by atoms with E-state index in [2.05, 4.69) is 20.6 Å². The van der Waals surface area contributed by atoms with Gasteiger partial charge in [-0.3, -0.25) is 9.69 Å². The minimum Gasteiger partial charge on any atom is -0.480 e. The molecule has 0 aliphatic heterocycles. The zero-order valence-corrected chi connectivity index (χ0v) is 13.2. The lowest BCUT2D eigenvalue weighted by Crippen LogP contribution is -2.54. The van der Waals surface area contributed by atoms with Crippen molar-refractivity contribution in [2.45, 2.75) is 51.2 Å². The zero-order valence-electron chi connectivity index (χ0n) is 12.4. The fourth-order valence-electron chi connectivity index (χ4n) is 2.92. The molecule has 5 nitrogen and oxygen atoms in total. The van der Waals surface area contributed by atoms with Gasteiger partial charge < -0.3 is 10.4 Å². The second-order valence-corrected chi connectivity index (χ2v) is 7.29. The number of aliphatic carboxylic acids is 1. The summed E-state index contributed by atoms with van der Waals surface area (Å²) in [5, 5.41) is 15.8. The normalized spacial score (nSPS) is 25.0. The summed E-state index contributed by atoms with van der Waals surface area (Å²) in [7, 11) is 0. The summed E-state index contributed by atoms with van der Waals surface area (Å²) in [6.45, 7) is 4.01. The van der Waals surface area contributed by atoms with E-state index in [0.29, 0.717) is 12.1 Å². The van der Waals surface area contributed by atoms with Gasteiger partial charge in [-0.05, 0) is 38.5 Å². The topological polar surface area (TPSA) is 65.5 Å². The van der Waals surface area contributed by atoms with Gasteiger partial charge in [-0.15, -0.1) is 11.3 Å². The Morgan fingerprint density at radius 1 is 1.52 bits per heavy atom. The first-order valence-corrected chi connectivity index (χ1v) is 8.58. The lowest BCUT2D eigenvalue weighted by atomic mass is 9.85. The molecule has 2 aliphatic carbocycles. The van der Waals surface area contributed by atoms with Crippen LogP contribution in [-0.4, -0.2) is 46.1 Å². The Hall–Kier alpha value is -0.980. The number of carboxylic acids is 1. The third kappa shape index (κ3) is 4.25. The summed E-state index contributed by atoms with van der Waals surface area (Å²) in [5.41, 5.74) is 1.08. The second-order valence-electron chi connectivity index (χ2n) is 6.35. The number of carboxylic acid groups (broad SMARTS) is 1. The molecule has 1 aromatic rings. The first kappa shape index (κ1) is 14.9. The molecule has 0 saturated heterocycles. The number of nitrogens with zero attached hydrogens (tertiary/aromatic N) is 2. The number of rotatable bonds is 8. The smallest absolute Gasteiger partial charge is 0.317 e. The number of aromatic nitrogens is 1. The van der Waals surface area contributed by atoms with Gasteiger partial charge in [-0.2, -0.15) is 0 Å². The Labute approximate surface area is 129 Å². The molecule has 0 unspecified atom stereocenters. The molecule has 2 N–H and O–H groups in total. The minimum absolute atomic E-state index is 0.194. The summed E-state index contributed by atoms with van der Waals surface area (Å²) in [5.74, 6) is 0.0416. The van der Waals surface area contributed by atoms with Gasteiger partial charge >= 0.3 is 5.97 Å². The van der Waals surface area contributed by atoms with Crippen LogP contribution in [0.15, 0.2) is 5.38 Å². The van der Waals surface area contributed by atoms with Crippen molar-refractivity contribution in [3.05, 3.63) is 16.1 Å². The molecule has 0 radical (unpaired) electrons. The highest BCUT2D eigenvalue weighted by atomic mass is 32.1. The van der Waals surface area contributed by atoms with E-state index in [0.717, 1.165) is 42.6 Å². The van der Waals surface area contributed by atoms with Crippen LogP contribution in [0.3, 0.4) is 0 Å². The zero-order chi connectivity index (χ0) is 14.8. The number of hydrogen-bond acceptors (Lipinski definition) is 5. The molecule has 3 rings (SSSR count). The molecule has 0 spiro atoms. The van der Waals surface area contributed by atoms with Crippen molar-refractivity contribution in [1.29, 1.82) is 0 Å². The number of nitrogens with one attached hydrogen (secondary N) is 1. The maximum atomic E-state index is 11.0. The maximum absolute atomic E-state index is 11.0. The Morgan fingerprint density at radius 2 is 2.29 bits per heavy atom. The van der Waals surface area contributed by atoms with Gasteiger partial charge in [-0.25, -0.2) is 4.98 Å². The molecule has 0 amide bonds. The molecular weight excluding hydrogens is 286 g/mol. The summed E-state index contributed by atoms with van der Waals surface area (Å²) in [4.78, 5) is 17.6. The Balaban J connectivity index is 1.41. The maximum Gasteiger partial charge on any atom is 0.317 e. The molecule has 116 valence electrons. The third-order valence-corrected chi connectivity index (χ3v) is 5.33. The Kier molecular flexibility index (Phi) is 4.57. The third-order valence-electron chi connectivity index (χ3n) is 4.37. The van der Waals surface area contributed by atoms with Gasteiger partial charge in [0.25, 0.3) is 0 Å². The van der Waals surface area contributed by atoms with Crippen LogP contribution in [0.2, 0.25) is 0 Å². The lowest BCUT2D eigenvalue weighted by molar-refractivity contribution is -0.139. The van der Waals surface area contributed by atoms with E-state index >= 15 is 0 Å². The highest BCUT2D eigenvalue weighted by molar-refractivity contribution is 7.09. The van der Waals surface area contributed by atoms with Gasteiger partial charge in [0, 0.05) is 36.2 Å². The van der Waals surface area contributed by atoms with Crippen LogP contribution in [0.5, 0.6) is 0 Å². The quantitative estimate of drug-likeness (QED) is 0.767. The predicted octanol–water partition coefficient (Wildman–Crippen LogP) is 1.87. The van der Waals surface area contributed by atoms with Crippen molar-refractivity contribution in [2.75, 3.05) is 13.1 Å². The van der Waals surface area contributed by atoms with Crippen LogP contribution in [0.25, 0.3) is 0 Å². The van der Waals surface area contributed by atoms with E-state index in [9.17, 15) is 4.79 Å². The van der Waals surface area contributed by atoms with Gasteiger partial charge in [0.15, 0.2) is 0 Å². The molecule has 0 aromatic carbocycles. The van der Waals surface area contributed by atoms with E-state index < -0.39 is 5.97 Å². The minimum atomic E-state index is -0.703. The molecule has 21 heavy (non-hydrogen) atoms. The van der Waals surface area contributed by atoms with E-state index in [-0.39, 0.29) is 6.54 Å². The fraction of sp³-hybridized carbons (Fsp3) is 0.733. The Bertz CT molecular complexity index is 495. The first-order valence-electron chi connectivity index (χ1n) is 7.70. The van der Waals surface area contributed by atoms with Crippen molar-refractivity contribution in [3.63, 3.8) is 0 Å². The first-order chi connectivity index (χ1) is 10.1. The predicted molar refractivity (Wildman–Crippen MR) is 82.4 cm³/mol. The van der Waals surface area contributed by atoms with Gasteiger partial charge in [0.05, 0.1) is 6.54 Å². The standard InChI is InChI=1S/C15H23N3O2S/c1-10-9-21-14(17-10)6-16-12-4-13(5-12)18(8-15(19)20)7-11-2-3-11/h9,11-13,16H,2-8H2,1H3,(H,19,20). The largest absolute Gasteiger partial charge is 0.480 e. The van der Waals surface area contributed by atoms with Gasteiger partial charge in [0.2, 0.25) is 0 Å². The monoisotopic (exact) mass is 309 g/mol. The number of aryl methyl sites for hydroxylation is 1. The summed E-state index contributed by atoms with van der Waals surface area (Å²) < 4.78 is 0. The van der Waals surface area contributed by atoms with Gasteiger partial charge in [0.1, 0.15) is 5.01 Å². The lowest BCUT2D eigenvalue weighted by Gasteiger charge is -2.42. The van der Waals surface area contributed by atoms with E-state index in [1.165, 1.54) is 12.8 Å². The highest BCUT2D eigenvalue weighted by Crippen LogP contribution is 2.33. The average molecular weight is 309 g/mol. The highest BCUT2D eigenvalue weighted by Gasteiger charge is 2.36. The molecule has 0 bridgehead atoms. The Morgan fingerprint density at radius 3 is 2.86 bits per heavy atom.